The van der Waals surface area contributed by atoms with Gasteiger partial charge < -0.3 is 10.6 Å². The minimum absolute atomic E-state index is 0.0548. The van der Waals surface area contributed by atoms with Gasteiger partial charge in [-0.2, -0.15) is 0 Å². The van der Waals surface area contributed by atoms with Crippen molar-refractivity contribution in [3.63, 3.8) is 0 Å². The molecular weight excluding hydrogens is 255 g/mol. The average molecular weight is 274 g/mol. The minimum Gasteiger partial charge on any atom is -0.373 e. The second-order valence-corrected chi connectivity index (χ2v) is 6.80. The van der Waals surface area contributed by atoms with E-state index in [2.05, 4.69) is 0 Å². The molecule has 1 rings (SSSR count). The quantitative estimate of drug-likeness (QED) is 0.879. The van der Waals surface area contributed by atoms with E-state index in [1.54, 1.807) is 24.9 Å². The first kappa shape index (κ1) is 14.9. The summed E-state index contributed by atoms with van der Waals surface area (Å²) >= 11 is 0. The predicted octanol–water partition coefficient (Wildman–Crippen LogP) is 1.33. The van der Waals surface area contributed by atoms with Crippen LogP contribution in [0.4, 0.5) is 10.1 Å². The Bertz CT molecular complexity index is 515. The topological polar surface area (TPSA) is 63.4 Å². The zero-order chi connectivity index (χ0) is 13.9. The third kappa shape index (κ3) is 4.27. The van der Waals surface area contributed by atoms with E-state index in [1.165, 1.54) is 18.4 Å². The highest BCUT2D eigenvalue weighted by Crippen LogP contribution is 2.25. The Morgan fingerprint density at radius 1 is 1.44 bits per heavy atom. The maximum Gasteiger partial charge on any atom is 0.149 e. The molecule has 0 heterocycles. The van der Waals surface area contributed by atoms with Gasteiger partial charge in [0.1, 0.15) is 15.7 Å². The van der Waals surface area contributed by atoms with E-state index in [-0.39, 0.29) is 17.6 Å². The Morgan fingerprint density at radius 2 is 2.06 bits per heavy atom. The van der Waals surface area contributed by atoms with Crippen LogP contribution in [0.1, 0.15) is 18.5 Å². The smallest absolute Gasteiger partial charge is 0.149 e. The van der Waals surface area contributed by atoms with Crippen molar-refractivity contribution in [1.82, 2.24) is 0 Å². The molecule has 0 saturated heterocycles. The Morgan fingerprint density at radius 3 is 2.56 bits per heavy atom. The summed E-state index contributed by atoms with van der Waals surface area (Å²) in [7, 11) is -1.25. The third-order valence-corrected chi connectivity index (χ3v) is 3.61. The van der Waals surface area contributed by atoms with Crippen LogP contribution < -0.4 is 10.6 Å². The third-order valence-electron chi connectivity index (χ3n) is 2.69. The van der Waals surface area contributed by atoms with Crippen LogP contribution in [0, 0.1) is 5.82 Å². The Balaban J connectivity index is 2.95. The molecule has 0 aliphatic heterocycles. The van der Waals surface area contributed by atoms with Gasteiger partial charge in [0.05, 0.1) is 5.75 Å². The standard InChI is InChI=1S/C12H19FN2O2S/c1-9(14)11-8-10(13)4-5-12(11)15(2)6-7-18(3,16)17/h4-5,8-9H,6-7,14H2,1-3H3/t9-/m0/s1. The second kappa shape index (κ2) is 5.67. The fourth-order valence-electron chi connectivity index (χ4n) is 1.66. The zero-order valence-corrected chi connectivity index (χ0v) is 11.7. The summed E-state index contributed by atoms with van der Waals surface area (Å²) in [6, 6.07) is 4.04. The van der Waals surface area contributed by atoms with Crippen molar-refractivity contribution in [2.24, 2.45) is 5.73 Å². The van der Waals surface area contributed by atoms with E-state index in [4.69, 9.17) is 5.73 Å². The molecule has 0 amide bonds. The maximum absolute atomic E-state index is 13.2. The van der Waals surface area contributed by atoms with Gasteiger partial charge in [-0.05, 0) is 30.7 Å². The fraction of sp³-hybridized carbons (Fsp3) is 0.500. The molecule has 0 spiro atoms. The first-order valence-electron chi connectivity index (χ1n) is 5.64. The number of rotatable bonds is 5. The Kier molecular flexibility index (Phi) is 4.70. The van der Waals surface area contributed by atoms with Crippen LogP contribution in [-0.2, 0) is 9.84 Å². The molecule has 1 aromatic rings. The summed E-state index contributed by atoms with van der Waals surface area (Å²) in [4.78, 5) is 1.78. The molecule has 0 aliphatic rings. The molecule has 0 radical (unpaired) electrons. The van der Waals surface area contributed by atoms with Crippen LogP contribution in [0.15, 0.2) is 18.2 Å². The number of hydrogen-bond acceptors (Lipinski definition) is 4. The fourth-order valence-corrected chi connectivity index (χ4v) is 2.27. The molecule has 6 heteroatoms. The molecule has 18 heavy (non-hydrogen) atoms. The largest absolute Gasteiger partial charge is 0.373 e. The highest BCUT2D eigenvalue weighted by Gasteiger charge is 2.13. The van der Waals surface area contributed by atoms with E-state index in [0.29, 0.717) is 12.1 Å². The number of nitrogens with two attached hydrogens (primary N) is 1. The van der Waals surface area contributed by atoms with Crippen molar-refractivity contribution in [2.45, 2.75) is 13.0 Å². The SMILES string of the molecule is C[C@H](N)c1cc(F)ccc1N(C)CCS(C)(=O)=O. The Hall–Kier alpha value is -1.14. The minimum atomic E-state index is -3.02. The number of hydrogen-bond donors (Lipinski definition) is 1. The number of benzene rings is 1. The van der Waals surface area contributed by atoms with Crippen molar-refractivity contribution in [2.75, 3.05) is 30.5 Å². The number of nitrogens with zero attached hydrogens (tertiary/aromatic N) is 1. The van der Waals surface area contributed by atoms with E-state index in [0.717, 1.165) is 5.69 Å². The van der Waals surface area contributed by atoms with Crippen LogP contribution in [0.25, 0.3) is 0 Å². The van der Waals surface area contributed by atoms with Gasteiger partial charge in [-0.25, -0.2) is 12.8 Å². The van der Waals surface area contributed by atoms with Crippen LogP contribution in [0.3, 0.4) is 0 Å². The molecule has 0 bridgehead atoms. The molecule has 1 atom stereocenters. The van der Waals surface area contributed by atoms with Crippen molar-refractivity contribution in [3.05, 3.63) is 29.6 Å². The van der Waals surface area contributed by atoms with Gasteiger partial charge in [0.2, 0.25) is 0 Å². The summed E-state index contributed by atoms with van der Waals surface area (Å²) in [5, 5.41) is 0. The first-order valence-corrected chi connectivity index (χ1v) is 7.70. The molecule has 0 saturated carbocycles. The van der Waals surface area contributed by atoms with E-state index >= 15 is 0 Å². The monoisotopic (exact) mass is 274 g/mol. The lowest BCUT2D eigenvalue weighted by atomic mass is 10.1. The van der Waals surface area contributed by atoms with Gasteiger partial charge in [-0.1, -0.05) is 0 Å². The molecule has 0 aromatic heterocycles. The molecule has 0 fully saturated rings. The number of anilines is 1. The van der Waals surface area contributed by atoms with Crippen molar-refractivity contribution < 1.29 is 12.8 Å². The normalized spacial score (nSPS) is 13.4. The average Bonchev–Trinajstić information content (AvgIpc) is 2.24. The number of halogens is 1. The molecule has 0 aliphatic carbocycles. The van der Waals surface area contributed by atoms with Gasteiger partial charge in [0.25, 0.3) is 0 Å². The van der Waals surface area contributed by atoms with Crippen molar-refractivity contribution >= 4 is 15.5 Å². The summed E-state index contributed by atoms with van der Waals surface area (Å²) in [5.41, 5.74) is 7.22. The summed E-state index contributed by atoms with van der Waals surface area (Å²) in [5.74, 6) is -0.290. The lowest BCUT2D eigenvalue weighted by Gasteiger charge is -2.23. The molecule has 102 valence electrons. The summed E-state index contributed by atoms with van der Waals surface area (Å²) in [6.45, 7) is 2.12. The summed E-state index contributed by atoms with van der Waals surface area (Å²) < 4.78 is 35.4. The van der Waals surface area contributed by atoms with Gasteiger partial charge in [-0.15, -0.1) is 0 Å². The van der Waals surface area contributed by atoms with E-state index < -0.39 is 9.84 Å². The van der Waals surface area contributed by atoms with Crippen LogP contribution in [0.2, 0.25) is 0 Å². The highest BCUT2D eigenvalue weighted by molar-refractivity contribution is 7.90. The lowest BCUT2D eigenvalue weighted by Crippen LogP contribution is -2.26. The van der Waals surface area contributed by atoms with Crippen LogP contribution in [-0.4, -0.2) is 34.0 Å². The second-order valence-electron chi connectivity index (χ2n) is 4.54. The van der Waals surface area contributed by atoms with Gasteiger partial charge in [0.15, 0.2) is 0 Å². The maximum atomic E-state index is 13.2. The lowest BCUT2D eigenvalue weighted by molar-refractivity contribution is 0.600. The summed E-state index contributed by atoms with van der Waals surface area (Å²) in [6.07, 6.45) is 1.19. The zero-order valence-electron chi connectivity index (χ0n) is 10.9. The molecule has 2 N–H and O–H groups in total. The van der Waals surface area contributed by atoms with Crippen LogP contribution in [0.5, 0.6) is 0 Å². The molecular formula is C12H19FN2O2S. The predicted molar refractivity (Wildman–Crippen MR) is 72.0 cm³/mol. The molecule has 1 aromatic carbocycles. The Labute approximate surface area is 108 Å². The van der Waals surface area contributed by atoms with Crippen molar-refractivity contribution in [1.29, 1.82) is 0 Å². The molecule has 0 unspecified atom stereocenters. The highest BCUT2D eigenvalue weighted by atomic mass is 32.2. The van der Waals surface area contributed by atoms with Gasteiger partial charge in [-0.3, -0.25) is 0 Å². The molecule has 4 nitrogen and oxygen atoms in total. The van der Waals surface area contributed by atoms with Crippen molar-refractivity contribution in [3.8, 4) is 0 Å². The van der Waals surface area contributed by atoms with E-state index in [1.807, 2.05) is 0 Å². The van der Waals surface area contributed by atoms with Gasteiger partial charge in [0, 0.05) is 31.6 Å². The van der Waals surface area contributed by atoms with E-state index in [9.17, 15) is 12.8 Å². The number of sulfone groups is 1. The van der Waals surface area contributed by atoms with Crippen LogP contribution >= 0.6 is 0 Å². The van der Waals surface area contributed by atoms with Gasteiger partial charge >= 0.3 is 0 Å². The first-order chi connectivity index (χ1) is 8.20.